The first-order valence-electron chi connectivity index (χ1n) is 5.67. The minimum absolute atomic E-state index is 0. The maximum absolute atomic E-state index is 5.86. The monoisotopic (exact) mass is 333 g/mol. The standard InChI is InChI=1S/C12H16ClN5S.ClH/c1-3-8(2)16-17-11(14)18(12(15)19)10-6-4-9(13)5-7-10;/h4-7H,3H2,1-2H3,(H2,14,17)(H2,15,19);1H/b16-8+;. The van der Waals surface area contributed by atoms with Crippen LogP contribution in [0.15, 0.2) is 34.5 Å². The minimum atomic E-state index is 0. The molecule has 0 aromatic heterocycles. The van der Waals surface area contributed by atoms with E-state index in [9.17, 15) is 0 Å². The number of hydrogen-bond acceptors (Lipinski definition) is 3. The zero-order valence-electron chi connectivity index (χ0n) is 11.2. The van der Waals surface area contributed by atoms with E-state index in [0.717, 1.165) is 12.1 Å². The van der Waals surface area contributed by atoms with E-state index in [-0.39, 0.29) is 23.5 Å². The fraction of sp³-hybridized carbons (Fsp3) is 0.250. The third-order valence-electron chi connectivity index (χ3n) is 2.37. The van der Waals surface area contributed by atoms with Gasteiger partial charge in [0.1, 0.15) is 0 Å². The number of nitrogens with zero attached hydrogens (tertiary/aromatic N) is 3. The fourth-order valence-electron chi connectivity index (χ4n) is 1.21. The van der Waals surface area contributed by atoms with Crippen LogP contribution in [-0.4, -0.2) is 16.8 Å². The fourth-order valence-corrected chi connectivity index (χ4v) is 1.54. The Morgan fingerprint density at radius 2 is 1.80 bits per heavy atom. The van der Waals surface area contributed by atoms with Crippen LogP contribution in [0.3, 0.4) is 0 Å². The Balaban J connectivity index is 0.00000361. The molecule has 0 saturated carbocycles. The molecule has 8 heteroatoms. The number of nitrogens with two attached hydrogens (primary N) is 2. The van der Waals surface area contributed by atoms with Gasteiger partial charge in [-0.1, -0.05) is 18.5 Å². The summed E-state index contributed by atoms with van der Waals surface area (Å²) in [6.45, 7) is 3.85. The normalized spacial score (nSPS) is 11.8. The smallest absolute Gasteiger partial charge is 0.227 e. The summed E-state index contributed by atoms with van der Waals surface area (Å²) < 4.78 is 0. The number of hydrogen-bond donors (Lipinski definition) is 2. The van der Waals surface area contributed by atoms with Crippen LogP contribution in [0.4, 0.5) is 5.69 Å². The van der Waals surface area contributed by atoms with E-state index in [1.807, 2.05) is 13.8 Å². The highest BCUT2D eigenvalue weighted by atomic mass is 35.5. The Morgan fingerprint density at radius 3 is 2.25 bits per heavy atom. The van der Waals surface area contributed by atoms with Crippen LogP contribution in [0.5, 0.6) is 0 Å². The third-order valence-corrected chi connectivity index (χ3v) is 2.80. The summed E-state index contributed by atoms with van der Waals surface area (Å²) >= 11 is 10.8. The minimum Gasteiger partial charge on any atom is -0.376 e. The highest BCUT2D eigenvalue weighted by Gasteiger charge is 2.13. The zero-order valence-corrected chi connectivity index (χ0v) is 13.6. The first-order chi connectivity index (χ1) is 8.95. The van der Waals surface area contributed by atoms with Gasteiger partial charge in [0, 0.05) is 10.7 Å². The molecular weight excluding hydrogens is 317 g/mol. The van der Waals surface area contributed by atoms with E-state index in [4.69, 9.17) is 35.3 Å². The van der Waals surface area contributed by atoms with Gasteiger partial charge < -0.3 is 11.5 Å². The second-order valence-electron chi connectivity index (χ2n) is 3.80. The lowest BCUT2D eigenvalue weighted by Gasteiger charge is -2.20. The maximum atomic E-state index is 5.86. The summed E-state index contributed by atoms with van der Waals surface area (Å²) in [5, 5.41) is 8.61. The van der Waals surface area contributed by atoms with Gasteiger partial charge in [0.15, 0.2) is 5.11 Å². The van der Waals surface area contributed by atoms with Gasteiger partial charge in [-0.2, -0.15) is 5.10 Å². The predicted octanol–water partition coefficient (Wildman–Crippen LogP) is 2.91. The van der Waals surface area contributed by atoms with E-state index in [1.165, 1.54) is 4.90 Å². The number of anilines is 1. The van der Waals surface area contributed by atoms with Crippen LogP contribution < -0.4 is 16.4 Å². The summed E-state index contributed by atoms with van der Waals surface area (Å²) in [6, 6.07) is 6.94. The van der Waals surface area contributed by atoms with E-state index in [0.29, 0.717) is 10.7 Å². The lowest BCUT2D eigenvalue weighted by Crippen LogP contribution is -2.45. The number of halogens is 2. The maximum Gasteiger partial charge on any atom is 0.227 e. The molecule has 5 nitrogen and oxygen atoms in total. The van der Waals surface area contributed by atoms with Crippen molar-refractivity contribution in [3.8, 4) is 0 Å². The molecule has 0 amide bonds. The molecule has 0 aliphatic heterocycles. The number of guanidine groups is 1. The summed E-state index contributed by atoms with van der Waals surface area (Å²) in [6.07, 6.45) is 0.796. The van der Waals surface area contributed by atoms with E-state index in [2.05, 4.69) is 10.2 Å². The van der Waals surface area contributed by atoms with Crippen LogP contribution in [0.2, 0.25) is 5.02 Å². The largest absolute Gasteiger partial charge is 0.376 e. The van der Waals surface area contributed by atoms with Gasteiger partial charge in [0.05, 0.1) is 5.69 Å². The van der Waals surface area contributed by atoms with Crippen molar-refractivity contribution in [3.63, 3.8) is 0 Å². The molecule has 1 aromatic rings. The molecule has 1 rings (SSSR count). The molecule has 0 heterocycles. The number of rotatable bonds is 3. The van der Waals surface area contributed by atoms with Crippen molar-refractivity contribution in [3.05, 3.63) is 29.3 Å². The molecule has 1 aromatic carbocycles. The quantitative estimate of drug-likeness (QED) is 0.385. The second kappa shape index (κ2) is 8.73. The zero-order chi connectivity index (χ0) is 14.4. The summed E-state index contributed by atoms with van der Waals surface area (Å²) in [5.41, 5.74) is 13.1. The van der Waals surface area contributed by atoms with Crippen LogP contribution >= 0.6 is 36.2 Å². The van der Waals surface area contributed by atoms with E-state index in [1.54, 1.807) is 24.3 Å². The average Bonchev–Trinajstić information content (AvgIpc) is 2.38. The third kappa shape index (κ3) is 5.32. The number of thiocarbonyl (C=S) groups is 1. The molecule has 110 valence electrons. The van der Waals surface area contributed by atoms with Crippen molar-refractivity contribution in [2.24, 2.45) is 21.7 Å². The summed E-state index contributed by atoms with van der Waals surface area (Å²) in [4.78, 5) is 1.43. The Labute approximate surface area is 135 Å². The SMILES string of the molecule is CC/C(C)=N/N=C(\N)N(C(N)=S)c1ccc(Cl)cc1.Cl. The van der Waals surface area contributed by atoms with Gasteiger partial charge in [-0.3, -0.25) is 4.90 Å². The number of benzene rings is 1. The van der Waals surface area contributed by atoms with Crippen LogP contribution in [-0.2, 0) is 0 Å². The molecule has 0 spiro atoms. The highest BCUT2D eigenvalue weighted by Crippen LogP contribution is 2.17. The van der Waals surface area contributed by atoms with Crippen LogP contribution in [0, 0.1) is 0 Å². The molecule has 0 atom stereocenters. The Hall–Kier alpha value is -1.37. The first-order valence-corrected chi connectivity index (χ1v) is 6.46. The van der Waals surface area contributed by atoms with E-state index < -0.39 is 0 Å². The van der Waals surface area contributed by atoms with Crippen molar-refractivity contribution in [2.75, 3.05) is 4.90 Å². The van der Waals surface area contributed by atoms with Crippen LogP contribution in [0.1, 0.15) is 20.3 Å². The van der Waals surface area contributed by atoms with Gasteiger partial charge in [-0.15, -0.1) is 17.5 Å². The predicted molar refractivity (Wildman–Crippen MR) is 93.0 cm³/mol. The van der Waals surface area contributed by atoms with Crippen LogP contribution in [0.25, 0.3) is 0 Å². The van der Waals surface area contributed by atoms with Gasteiger partial charge in [0.2, 0.25) is 5.96 Å². The van der Waals surface area contributed by atoms with Crippen molar-refractivity contribution < 1.29 is 0 Å². The van der Waals surface area contributed by atoms with Crippen molar-refractivity contribution in [1.82, 2.24) is 0 Å². The molecule has 0 saturated heterocycles. The molecule has 4 N–H and O–H groups in total. The molecule has 0 unspecified atom stereocenters. The van der Waals surface area contributed by atoms with Crippen molar-refractivity contribution >= 4 is 58.7 Å². The lowest BCUT2D eigenvalue weighted by atomic mass is 10.3. The van der Waals surface area contributed by atoms with Gasteiger partial charge in [-0.05, 0) is 49.8 Å². The molecular formula is C12H17Cl2N5S. The van der Waals surface area contributed by atoms with Gasteiger partial charge in [0.25, 0.3) is 0 Å². The van der Waals surface area contributed by atoms with Gasteiger partial charge >= 0.3 is 0 Å². The topological polar surface area (TPSA) is 80.0 Å². The summed E-state index contributed by atoms with van der Waals surface area (Å²) in [5.74, 6) is 0.114. The highest BCUT2D eigenvalue weighted by molar-refractivity contribution is 7.80. The average molecular weight is 334 g/mol. The molecule has 0 fully saturated rings. The lowest BCUT2D eigenvalue weighted by molar-refractivity contribution is 1.14. The Kier molecular flexibility index (Phi) is 8.13. The molecule has 0 aliphatic rings. The Bertz CT molecular complexity index is 513. The molecule has 20 heavy (non-hydrogen) atoms. The van der Waals surface area contributed by atoms with Gasteiger partial charge in [-0.25, -0.2) is 0 Å². The van der Waals surface area contributed by atoms with E-state index >= 15 is 0 Å². The second-order valence-corrected chi connectivity index (χ2v) is 4.65. The van der Waals surface area contributed by atoms with Crippen molar-refractivity contribution in [2.45, 2.75) is 20.3 Å². The Morgan fingerprint density at radius 1 is 1.25 bits per heavy atom. The first kappa shape index (κ1) is 18.6. The molecule has 0 bridgehead atoms. The molecule has 0 radical (unpaired) electrons. The summed E-state index contributed by atoms with van der Waals surface area (Å²) in [7, 11) is 0. The van der Waals surface area contributed by atoms with Crippen molar-refractivity contribution in [1.29, 1.82) is 0 Å². The molecule has 0 aliphatic carbocycles.